The third-order valence-corrected chi connectivity index (χ3v) is 2.53. The van der Waals surface area contributed by atoms with E-state index in [2.05, 4.69) is 18.7 Å². The van der Waals surface area contributed by atoms with Crippen molar-refractivity contribution in [3.8, 4) is 11.5 Å². The molecule has 14 heavy (non-hydrogen) atoms. The Bertz CT molecular complexity index is 325. The van der Waals surface area contributed by atoms with Gasteiger partial charge in [0.25, 0.3) is 0 Å². The summed E-state index contributed by atoms with van der Waals surface area (Å²) in [5.74, 6) is 1.71. The summed E-state index contributed by atoms with van der Waals surface area (Å²) in [6.07, 6.45) is 1.04. The van der Waals surface area contributed by atoms with E-state index in [9.17, 15) is 0 Å². The van der Waals surface area contributed by atoms with Crippen LogP contribution in [0.3, 0.4) is 0 Å². The lowest BCUT2D eigenvalue weighted by atomic mass is 10.0. The minimum absolute atomic E-state index is 0.339. The number of rotatable bonds is 2. The van der Waals surface area contributed by atoms with E-state index in [1.54, 1.807) is 0 Å². The van der Waals surface area contributed by atoms with Crippen molar-refractivity contribution >= 4 is 0 Å². The lowest BCUT2D eigenvalue weighted by molar-refractivity contribution is -0.427. The summed E-state index contributed by atoms with van der Waals surface area (Å²) in [5.41, 5.74) is 5.30. The molecule has 0 saturated carbocycles. The average molecular weight is 194 g/mol. The molecule has 1 aromatic carbocycles. The first kappa shape index (κ1) is 9.34. The minimum atomic E-state index is 0.339. The van der Waals surface area contributed by atoms with Crippen LogP contribution in [0.2, 0.25) is 0 Å². The molecule has 0 aromatic heterocycles. The molecule has 76 valence electrons. The molecule has 3 nitrogen and oxygen atoms in total. The van der Waals surface area contributed by atoms with Crippen LogP contribution in [-0.2, 0) is 0 Å². The fourth-order valence-corrected chi connectivity index (χ4v) is 1.55. The number of hydrogen-bond donors (Lipinski definition) is 1. The van der Waals surface area contributed by atoms with E-state index in [0.29, 0.717) is 19.3 Å². The zero-order valence-electron chi connectivity index (χ0n) is 8.45. The molecule has 1 aromatic rings. The van der Waals surface area contributed by atoms with Crippen molar-refractivity contribution in [2.45, 2.75) is 19.4 Å². The first-order chi connectivity index (χ1) is 6.81. The second-order valence-electron chi connectivity index (χ2n) is 3.51. The first-order valence-electron chi connectivity index (χ1n) is 5.04. The molecule has 0 saturated heterocycles. The molecule has 2 rings (SSSR count). The van der Waals surface area contributed by atoms with E-state index >= 15 is 0 Å². The largest absolute Gasteiger partial charge is 0.486 e. The van der Waals surface area contributed by atoms with E-state index in [4.69, 9.17) is 9.47 Å². The van der Waals surface area contributed by atoms with E-state index in [-0.39, 0.29) is 0 Å². The summed E-state index contributed by atoms with van der Waals surface area (Å²) in [6.45, 7) is 3.42. The van der Waals surface area contributed by atoms with Crippen LogP contribution in [0.25, 0.3) is 0 Å². The summed E-state index contributed by atoms with van der Waals surface area (Å²) in [6, 6.07) is 6.41. The first-order valence-corrected chi connectivity index (χ1v) is 5.04. The van der Waals surface area contributed by atoms with Crippen molar-refractivity contribution in [2.75, 3.05) is 13.2 Å². The molecule has 3 heteroatoms. The van der Waals surface area contributed by atoms with Crippen molar-refractivity contribution in [1.82, 2.24) is 0 Å². The fourth-order valence-electron chi connectivity index (χ4n) is 1.55. The summed E-state index contributed by atoms with van der Waals surface area (Å²) in [4.78, 5) is 0. The van der Waals surface area contributed by atoms with Gasteiger partial charge in [0.05, 0.1) is 0 Å². The smallest absolute Gasteiger partial charge is 0.161 e. The Labute approximate surface area is 83.8 Å². The van der Waals surface area contributed by atoms with Crippen LogP contribution in [0, 0.1) is 0 Å². The van der Waals surface area contributed by atoms with Gasteiger partial charge in [0.1, 0.15) is 19.3 Å². The number of hydrogen-bond acceptors (Lipinski definition) is 2. The molecule has 1 aliphatic heterocycles. The molecular weight excluding hydrogens is 178 g/mol. The maximum atomic E-state index is 5.51. The second kappa shape index (κ2) is 3.88. The Morgan fingerprint density at radius 3 is 2.71 bits per heavy atom. The van der Waals surface area contributed by atoms with Gasteiger partial charge in [-0.15, -0.1) is 0 Å². The molecule has 0 spiro atoms. The van der Waals surface area contributed by atoms with Crippen LogP contribution in [0.4, 0.5) is 0 Å². The lowest BCUT2D eigenvalue weighted by Gasteiger charge is -2.19. The fraction of sp³-hybridized carbons (Fsp3) is 0.455. The third kappa shape index (κ3) is 1.68. The highest BCUT2D eigenvalue weighted by molar-refractivity contribution is 5.44. The molecule has 0 radical (unpaired) electrons. The molecule has 0 amide bonds. The Kier molecular flexibility index (Phi) is 2.59. The van der Waals surface area contributed by atoms with Crippen molar-refractivity contribution in [3.05, 3.63) is 23.8 Å². The molecule has 0 unspecified atom stereocenters. The highest BCUT2D eigenvalue weighted by Crippen LogP contribution is 2.32. The molecule has 0 fully saturated rings. The van der Waals surface area contributed by atoms with Gasteiger partial charge in [-0.05, 0) is 18.2 Å². The van der Waals surface area contributed by atoms with Gasteiger partial charge in [-0.1, -0.05) is 6.92 Å². The summed E-state index contributed by atoms with van der Waals surface area (Å²) in [5, 5.41) is 0. The van der Waals surface area contributed by atoms with Crippen molar-refractivity contribution < 1.29 is 15.2 Å². The molecule has 0 aliphatic carbocycles. The normalized spacial score (nSPS) is 16.4. The van der Waals surface area contributed by atoms with Crippen molar-refractivity contribution in [1.29, 1.82) is 0 Å². The Hall–Kier alpha value is -1.22. The second-order valence-corrected chi connectivity index (χ2v) is 3.51. The van der Waals surface area contributed by atoms with E-state index in [0.717, 1.165) is 17.9 Å². The van der Waals surface area contributed by atoms with Crippen LogP contribution in [0.15, 0.2) is 18.2 Å². The number of quaternary nitrogens is 1. The van der Waals surface area contributed by atoms with Crippen LogP contribution in [0.5, 0.6) is 11.5 Å². The summed E-state index contributed by atoms with van der Waals surface area (Å²) >= 11 is 0. The van der Waals surface area contributed by atoms with Crippen molar-refractivity contribution in [2.24, 2.45) is 0 Å². The average Bonchev–Trinajstić information content (AvgIpc) is 2.27. The topological polar surface area (TPSA) is 46.1 Å². The van der Waals surface area contributed by atoms with Crippen molar-refractivity contribution in [3.63, 3.8) is 0 Å². The molecule has 3 N–H and O–H groups in total. The van der Waals surface area contributed by atoms with Gasteiger partial charge >= 0.3 is 0 Å². The number of benzene rings is 1. The van der Waals surface area contributed by atoms with Gasteiger partial charge in [0.2, 0.25) is 0 Å². The molecule has 1 aliphatic rings. The van der Waals surface area contributed by atoms with Crippen LogP contribution in [-0.4, -0.2) is 13.2 Å². The molecule has 1 atom stereocenters. The van der Waals surface area contributed by atoms with Crippen LogP contribution >= 0.6 is 0 Å². The lowest BCUT2D eigenvalue weighted by Crippen LogP contribution is -2.53. The van der Waals surface area contributed by atoms with E-state index in [1.807, 2.05) is 12.1 Å². The Morgan fingerprint density at radius 1 is 1.29 bits per heavy atom. The standard InChI is InChI=1S/C11H15NO2/c1-2-9(12)8-3-4-10-11(7-8)14-6-5-13-10/h3-4,7,9H,2,5-6,12H2,1H3/p+1/t9-/m1/s1. The Balaban J connectivity index is 2.29. The SMILES string of the molecule is CC[C@@H]([NH3+])c1ccc2c(c1)OCCO2. The molecular formula is C11H16NO2+. The molecule has 1 heterocycles. The van der Waals surface area contributed by atoms with Gasteiger partial charge in [-0.3, -0.25) is 0 Å². The number of ether oxygens (including phenoxy) is 2. The highest BCUT2D eigenvalue weighted by Gasteiger charge is 2.14. The third-order valence-electron chi connectivity index (χ3n) is 2.53. The predicted octanol–water partition coefficient (Wildman–Crippen LogP) is 1.15. The number of fused-ring (bicyclic) bond motifs is 1. The van der Waals surface area contributed by atoms with Crippen LogP contribution < -0.4 is 15.2 Å². The zero-order chi connectivity index (χ0) is 9.97. The van der Waals surface area contributed by atoms with Gasteiger partial charge in [0.15, 0.2) is 11.5 Å². The summed E-state index contributed by atoms with van der Waals surface area (Å²) < 4.78 is 11.0. The minimum Gasteiger partial charge on any atom is -0.486 e. The quantitative estimate of drug-likeness (QED) is 0.767. The highest BCUT2D eigenvalue weighted by atomic mass is 16.6. The Morgan fingerprint density at radius 2 is 2.00 bits per heavy atom. The van der Waals surface area contributed by atoms with Gasteiger partial charge in [-0.2, -0.15) is 0 Å². The zero-order valence-corrected chi connectivity index (χ0v) is 8.45. The maximum Gasteiger partial charge on any atom is 0.161 e. The predicted molar refractivity (Wildman–Crippen MR) is 53.4 cm³/mol. The van der Waals surface area contributed by atoms with Crippen LogP contribution in [0.1, 0.15) is 24.9 Å². The molecule has 0 bridgehead atoms. The van der Waals surface area contributed by atoms with E-state index < -0.39 is 0 Å². The van der Waals surface area contributed by atoms with Gasteiger partial charge in [-0.25, -0.2) is 0 Å². The van der Waals surface area contributed by atoms with E-state index in [1.165, 1.54) is 5.56 Å². The maximum absolute atomic E-state index is 5.51. The summed E-state index contributed by atoms with van der Waals surface area (Å²) in [7, 11) is 0. The monoisotopic (exact) mass is 194 g/mol. The van der Waals surface area contributed by atoms with Gasteiger partial charge < -0.3 is 15.2 Å². The van der Waals surface area contributed by atoms with Gasteiger partial charge in [0, 0.05) is 12.0 Å².